The Balaban J connectivity index is 1.53. The summed E-state index contributed by atoms with van der Waals surface area (Å²) in [5, 5.41) is 5.59. The summed E-state index contributed by atoms with van der Waals surface area (Å²) in [6.45, 7) is 3.94. The van der Waals surface area contributed by atoms with E-state index in [0.717, 1.165) is 27.7 Å². The molecular weight excluding hydrogens is 378 g/mol. The van der Waals surface area contributed by atoms with Crippen molar-refractivity contribution in [1.82, 2.24) is 24.3 Å². The summed E-state index contributed by atoms with van der Waals surface area (Å²) in [4.78, 5) is 33.4. The van der Waals surface area contributed by atoms with E-state index in [0.29, 0.717) is 16.6 Å². The van der Waals surface area contributed by atoms with Crippen LogP contribution in [-0.4, -0.2) is 30.1 Å². The van der Waals surface area contributed by atoms with Gasteiger partial charge in [-0.3, -0.25) is 14.2 Å². The van der Waals surface area contributed by atoms with Crippen LogP contribution in [0.5, 0.6) is 0 Å². The highest BCUT2D eigenvalue weighted by Crippen LogP contribution is 2.19. The van der Waals surface area contributed by atoms with Gasteiger partial charge in [0.1, 0.15) is 11.7 Å². The molecule has 0 aliphatic carbocycles. The molecule has 0 fully saturated rings. The highest BCUT2D eigenvalue weighted by molar-refractivity contribution is 6.07. The van der Waals surface area contributed by atoms with Crippen LogP contribution >= 0.6 is 0 Å². The summed E-state index contributed by atoms with van der Waals surface area (Å²) in [5.74, 6) is -0.155. The number of hydrogen-bond donors (Lipinski definition) is 1. The Kier molecular flexibility index (Phi) is 4.10. The zero-order valence-electron chi connectivity index (χ0n) is 16.6. The molecule has 5 rings (SSSR count). The number of hydrogen-bond acceptors (Lipinski definition) is 4. The number of rotatable bonds is 4. The number of nitrogens with one attached hydrogen (secondary N) is 1. The van der Waals surface area contributed by atoms with Gasteiger partial charge in [0.2, 0.25) is 0 Å². The maximum absolute atomic E-state index is 13.0. The Morgan fingerprint density at radius 1 is 1.07 bits per heavy atom. The van der Waals surface area contributed by atoms with Gasteiger partial charge in [-0.1, -0.05) is 24.3 Å². The molecule has 0 amide bonds. The molecule has 7 nitrogen and oxygen atoms in total. The van der Waals surface area contributed by atoms with E-state index in [9.17, 15) is 9.59 Å². The Labute approximate surface area is 171 Å². The van der Waals surface area contributed by atoms with Crippen LogP contribution in [0.3, 0.4) is 0 Å². The molecule has 0 saturated heterocycles. The zero-order chi connectivity index (χ0) is 20.8. The molecule has 3 heterocycles. The van der Waals surface area contributed by atoms with Gasteiger partial charge >= 0.3 is 0 Å². The molecule has 0 aliphatic heterocycles. The second kappa shape index (κ2) is 6.81. The molecule has 3 aromatic heterocycles. The number of carbonyl (C=O) groups excluding carboxylic acids is 1. The van der Waals surface area contributed by atoms with Crippen LogP contribution in [0.15, 0.2) is 66.0 Å². The first-order valence-electron chi connectivity index (χ1n) is 9.62. The average Bonchev–Trinajstić information content (AvgIpc) is 3.34. The Hall–Kier alpha value is -4.00. The lowest BCUT2D eigenvalue weighted by molar-refractivity contribution is 0.0972. The largest absolute Gasteiger partial charge is 0.360 e. The number of benzene rings is 2. The van der Waals surface area contributed by atoms with Crippen molar-refractivity contribution in [3.05, 3.63) is 88.2 Å². The number of H-pyrrole nitrogens is 1. The standard InChI is InChI=1S/C23H19N5O2/c1-14-7-15(2)9-16(8-14)28-22-19(11-26-28)23(30)27(13-25-22)12-21(29)18-10-24-20-6-4-3-5-17(18)20/h3-11,13,24H,12H2,1-2H3. The van der Waals surface area contributed by atoms with Gasteiger partial charge in [0.25, 0.3) is 5.56 Å². The highest BCUT2D eigenvalue weighted by Gasteiger charge is 2.16. The van der Waals surface area contributed by atoms with E-state index in [1.54, 1.807) is 10.9 Å². The fourth-order valence-electron chi connectivity index (χ4n) is 3.87. The quantitative estimate of drug-likeness (QED) is 0.470. The van der Waals surface area contributed by atoms with Gasteiger partial charge in [-0.15, -0.1) is 0 Å². The SMILES string of the molecule is Cc1cc(C)cc(-n2ncc3c(=O)n(CC(=O)c4c[nH]c5ccccc45)cnc32)c1. The first kappa shape index (κ1) is 18.1. The van der Waals surface area contributed by atoms with Crippen molar-refractivity contribution < 1.29 is 4.79 Å². The summed E-state index contributed by atoms with van der Waals surface area (Å²) in [6.07, 6.45) is 4.61. The number of fused-ring (bicyclic) bond motifs is 2. The number of Topliss-reactive ketones (excluding diaryl/α,β-unsaturated/α-hetero) is 1. The summed E-state index contributed by atoms with van der Waals surface area (Å²) in [6, 6.07) is 13.6. The van der Waals surface area contributed by atoms with E-state index in [1.807, 2.05) is 50.2 Å². The highest BCUT2D eigenvalue weighted by atomic mass is 16.1. The van der Waals surface area contributed by atoms with Gasteiger partial charge in [-0.05, 0) is 43.2 Å². The molecule has 7 heteroatoms. The molecule has 0 saturated carbocycles. The van der Waals surface area contributed by atoms with Crippen molar-refractivity contribution in [2.24, 2.45) is 0 Å². The fraction of sp³-hybridized carbons (Fsp3) is 0.130. The second-order valence-corrected chi connectivity index (χ2v) is 7.49. The van der Waals surface area contributed by atoms with E-state index in [1.165, 1.54) is 17.1 Å². The lowest BCUT2D eigenvalue weighted by Crippen LogP contribution is -2.24. The number of nitrogens with zero attached hydrogens (tertiary/aromatic N) is 4. The first-order valence-corrected chi connectivity index (χ1v) is 9.62. The maximum atomic E-state index is 13.0. The van der Waals surface area contributed by atoms with Crippen molar-refractivity contribution >= 4 is 27.7 Å². The van der Waals surface area contributed by atoms with Crippen molar-refractivity contribution in [2.45, 2.75) is 20.4 Å². The molecule has 0 spiro atoms. The van der Waals surface area contributed by atoms with E-state index in [4.69, 9.17) is 0 Å². The molecule has 1 N–H and O–H groups in total. The van der Waals surface area contributed by atoms with Crippen LogP contribution in [0.4, 0.5) is 0 Å². The fourth-order valence-corrected chi connectivity index (χ4v) is 3.87. The van der Waals surface area contributed by atoms with Gasteiger partial charge in [0.05, 0.1) is 18.4 Å². The van der Waals surface area contributed by atoms with Crippen LogP contribution in [0, 0.1) is 13.8 Å². The smallest absolute Gasteiger partial charge is 0.264 e. The van der Waals surface area contributed by atoms with Gasteiger partial charge in [0.15, 0.2) is 11.4 Å². The molecule has 5 aromatic rings. The van der Waals surface area contributed by atoms with Gasteiger partial charge in [-0.25, -0.2) is 9.67 Å². The predicted molar refractivity (Wildman–Crippen MR) is 115 cm³/mol. The Morgan fingerprint density at radius 2 is 1.83 bits per heavy atom. The molecule has 2 aromatic carbocycles. The van der Waals surface area contributed by atoms with E-state index >= 15 is 0 Å². The second-order valence-electron chi connectivity index (χ2n) is 7.49. The normalized spacial score (nSPS) is 11.4. The Morgan fingerprint density at radius 3 is 2.63 bits per heavy atom. The molecule has 0 aliphatic rings. The van der Waals surface area contributed by atoms with Gasteiger partial charge in [0, 0.05) is 22.7 Å². The number of para-hydroxylation sites is 1. The molecule has 0 atom stereocenters. The van der Waals surface area contributed by atoms with Gasteiger partial charge in [-0.2, -0.15) is 5.10 Å². The first-order chi connectivity index (χ1) is 14.5. The lowest BCUT2D eigenvalue weighted by atomic mass is 10.1. The summed E-state index contributed by atoms with van der Waals surface area (Å²) < 4.78 is 2.99. The third-order valence-electron chi connectivity index (χ3n) is 5.21. The number of aromatic amines is 1. The van der Waals surface area contributed by atoms with Crippen molar-refractivity contribution in [1.29, 1.82) is 0 Å². The number of carbonyl (C=O) groups is 1. The van der Waals surface area contributed by atoms with Crippen LogP contribution in [-0.2, 0) is 6.54 Å². The zero-order valence-corrected chi connectivity index (χ0v) is 16.6. The molecule has 30 heavy (non-hydrogen) atoms. The lowest BCUT2D eigenvalue weighted by Gasteiger charge is -2.07. The van der Waals surface area contributed by atoms with Crippen molar-refractivity contribution in [3.8, 4) is 5.69 Å². The van der Waals surface area contributed by atoms with Crippen molar-refractivity contribution in [2.75, 3.05) is 0 Å². The third-order valence-corrected chi connectivity index (χ3v) is 5.21. The number of ketones is 1. The van der Waals surface area contributed by atoms with E-state index < -0.39 is 0 Å². The maximum Gasteiger partial charge on any atom is 0.264 e. The van der Waals surface area contributed by atoms with Crippen molar-refractivity contribution in [3.63, 3.8) is 0 Å². The molecule has 0 radical (unpaired) electrons. The predicted octanol–water partition coefficient (Wildman–Crippen LogP) is 3.56. The van der Waals surface area contributed by atoms with E-state index in [-0.39, 0.29) is 17.9 Å². The number of aromatic nitrogens is 5. The minimum Gasteiger partial charge on any atom is -0.360 e. The summed E-state index contributed by atoms with van der Waals surface area (Å²) >= 11 is 0. The average molecular weight is 397 g/mol. The van der Waals surface area contributed by atoms with Gasteiger partial charge < -0.3 is 4.98 Å². The third kappa shape index (κ3) is 2.91. The number of aryl methyl sites for hydroxylation is 2. The van der Waals surface area contributed by atoms with Crippen LogP contribution in [0.25, 0.3) is 27.6 Å². The molecule has 148 valence electrons. The minimum absolute atomic E-state index is 0.0850. The molecular formula is C23H19N5O2. The van der Waals surface area contributed by atoms with Crippen LogP contribution in [0.1, 0.15) is 21.5 Å². The topological polar surface area (TPSA) is 85.6 Å². The summed E-state index contributed by atoms with van der Waals surface area (Å²) in [7, 11) is 0. The summed E-state index contributed by atoms with van der Waals surface area (Å²) in [5.41, 5.74) is 4.68. The van der Waals surface area contributed by atoms with Crippen LogP contribution in [0.2, 0.25) is 0 Å². The molecule has 0 bridgehead atoms. The molecule has 0 unspecified atom stereocenters. The monoisotopic (exact) mass is 397 g/mol. The van der Waals surface area contributed by atoms with E-state index in [2.05, 4.69) is 21.1 Å². The minimum atomic E-state index is -0.288. The Bertz CT molecular complexity index is 1470. The van der Waals surface area contributed by atoms with Crippen LogP contribution < -0.4 is 5.56 Å².